The molecule has 0 radical (unpaired) electrons. The summed E-state index contributed by atoms with van der Waals surface area (Å²) in [6.45, 7) is 2.12. The molecule has 0 spiro atoms. The fourth-order valence-electron chi connectivity index (χ4n) is 2.53. The van der Waals surface area contributed by atoms with Crippen molar-refractivity contribution in [3.05, 3.63) is 35.0 Å². The number of nitrogens with two attached hydrogens (primary N) is 2. The Kier molecular flexibility index (Phi) is 2.04. The monoisotopic (exact) mass is 226 g/mol. The predicted octanol–water partition coefficient (Wildman–Crippen LogP) is 1.72. The molecule has 4 heteroatoms. The van der Waals surface area contributed by atoms with Gasteiger partial charge in [-0.3, -0.25) is 0 Å². The fraction of sp³-hybridized carbons (Fsp3) is 0.231. The first-order valence-electron chi connectivity index (χ1n) is 5.67. The van der Waals surface area contributed by atoms with Crippen LogP contribution in [-0.4, -0.2) is 9.97 Å². The lowest BCUT2D eigenvalue weighted by molar-refractivity contribution is 0.882. The molecule has 1 aromatic heterocycles. The molecule has 86 valence electrons. The van der Waals surface area contributed by atoms with Crippen LogP contribution in [0.3, 0.4) is 0 Å². The van der Waals surface area contributed by atoms with Crippen LogP contribution in [0.15, 0.2) is 18.2 Å². The summed E-state index contributed by atoms with van der Waals surface area (Å²) in [5.41, 5.74) is 17.3. The van der Waals surface area contributed by atoms with Gasteiger partial charge in [-0.05, 0) is 36.5 Å². The van der Waals surface area contributed by atoms with E-state index in [1.807, 2.05) is 6.07 Å². The zero-order valence-electron chi connectivity index (χ0n) is 9.70. The van der Waals surface area contributed by atoms with Crippen LogP contribution in [0, 0.1) is 6.92 Å². The molecule has 1 heterocycles. The number of nitrogens with zero attached hydrogens (tertiary/aromatic N) is 2. The number of hydrogen-bond acceptors (Lipinski definition) is 4. The quantitative estimate of drug-likeness (QED) is 0.717. The van der Waals surface area contributed by atoms with Crippen LogP contribution in [0.2, 0.25) is 0 Å². The number of aryl methyl sites for hydroxylation is 2. The lowest BCUT2D eigenvalue weighted by atomic mass is 9.86. The van der Waals surface area contributed by atoms with Crippen LogP contribution < -0.4 is 11.5 Å². The second-order valence-electron chi connectivity index (χ2n) is 4.39. The zero-order valence-corrected chi connectivity index (χ0v) is 9.70. The summed E-state index contributed by atoms with van der Waals surface area (Å²) in [6.07, 6.45) is 1.87. The Hall–Kier alpha value is -2.10. The maximum Gasteiger partial charge on any atom is 0.222 e. The van der Waals surface area contributed by atoms with Gasteiger partial charge in [0.15, 0.2) is 0 Å². The van der Waals surface area contributed by atoms with Crippen molar-refractivity contribution < 1.29 is 0 Å². The van der Waals surface area contributed by atoms with Gasteiger partial charge in [-0.15, -0.1) is 0 Å². The first-order valence-corrected chi connectivity index (χ1v) is 5.67. The van der Waals surface area contributed by atoms with Crippen molar-refractivity contribution in [2.45, 2.75) is 19.8 Å². The molecule has 17 heavy (non-hydrogen) atoms. The summed E-state index contributed by atoms with van der Waals surface area (Å²) in [5.74, 6) is 0.747. The number of hydrogen-bond donors (Lipinski definition) is 2. The van der Waals surface area contributed by atoms with Crippen molar-refractivity contribution >= 4 is 11.8 Å². The van der Waals surface area contributed by atoms with Crippen LogP contribution in [0.5, 0.6) is 0 Å². The lowest BCUT2D eigenvalue weighted by Crippen LogP contribution is -2.13. The van der Waals surface area contributed by atoms with Crippen LogP contribution in [0.25, 0.3) is 11.1 Å². The van der Waals surface area contributed by atoms with Crippen LogP contribution in [0.1, 0.15) is 16.8 Å². The molecule has 0 unspecified atom stereocenters. The summed E-state index contributed by atoms with van der Waals surface area (Å²) >= 11 is 0. The highest BCUT2D eigenvalue weighted by atomic mass is 15.0. The van der Waals surface area contributed by atoms with Gasteiger partial charge < -0.3 is 11.5 Å². The van der Waals surface area contributed by atoms with Crippen molar-refractivity contribution in [3.63, 3.8) is 0 Å². The van der Waals surface area contributed by atoms with E-state index in [4.69, 9.17) is 11.5 Å². The topological polar surface area (TPSA) is 77.8 Å². The number of nitrogen functional groups attached to an aromatic ring is 2. The highest BCUT2D eigenvalue weighted by molar-refractivity contribution is 5.81. The second kappa shape index (κ2) is 3.45. The molecule has 4 N–H and O–H groups in total. The number of anilines is 2. The van der Waals surface area contributed by atoms with E-state index < -0.39 is 0 Å². The van der Waals surface area contributed by atoms with Crippen LogP contribution in [0.4, 0.5) is 11.8 Å². The van der Waals surface area contributed by atoms with Crippen molar-refractivity contribution in [2.75, 3.05) is 11.5 Å². The Morgan fingerprint density at radius 1 is 1.12 bits per heavy atom. The normalized spacial score (nSPS) is 13.0. The van der Waals surface area contributed by atoms with Crippen LogP contribution >= 0.6 is 0 Å². The standard InChI is InChI=1S/C13H14N4/c1-7-3-2-4-9-8(7)5-6-10-11(9)12(14)17-13(15)16-10/h2-4H,5-6H2,1H3,(H4,14,15,16,17). The number of fused-ring (bicyclic) bond motifs is 3. The van der Waals surface area contributed by atoms with E-state index in [0.717, 1.165) is 29.7 Å². The number of rotatable bonds is 0. The molecule has 0 fully saturated rings. The van der Waals surface area contributed by atoms with E-state index >= 15 is 0 Å². The Morgan fingerprint density at radius 2 is 1.94 bits per heavy atom. The van der Waals surface area contributed by atoms with Crippen molar-refractivity contribution in [2.24, 2.45) is 0 Å². The molecule has 0 aliphatic heterocycles. The summed E-state index contributed by atoms with van der Waals surface area (Å²) in [7, 11) is 0. The molecule has 0 bridgehead atoms. The maximum atomic E-state index is 5.98. The van der Waals surface area contributed by atoms with Crippen molar-refractivity contribution in [3.8, 4) is 11.1 Å². The van der Waals surface area contributed by atoms with E-state index in [9.17, 15) is 0 Å². The molecule has 0 saturated carbocycles. The maximum absolute atomic E-state index is 5.98. The van der Waals surface area contributed by atoms with E-state index in [2.05, 4.69) is 29.0 Å². The van der Waals surface area contributed by atoms with E-state index in [-0.39, 0.29) is 5.95 Å². The zero-order chi connectivity index (χ0) is 12.0. The van der Waals surface area contributed by atoms with Gasteiger partial charge in [0.05, 0.1) is 5.69 Å². The highest BCUT2D eigenvalue weighted by Gasteiger charge is 2.21. The van der Waals surface area contributed by atoms with Gasteiger partial charge in [-0.2, -0.15) is 4.98 Å². The minimum atomic E-state index is 0.261. The predicted molar refractivity (Wildman–Crippen MR) is 68.4 cm³/mol. The average molecular weight is 226 g/mol. The molecule has 0 saturated heterocycles. The minimum absolute atomic E-state index is 0.261. The molecule has 0 amide bonds. The molecular formula is C13H14N4. The average Bonchev–Trinajstić information content (AvgIpc) is 2.28. The smallest absolute Gasteiger partial charge is 0.222 e. The van der Waals surface area contributed by atoms with Gasteiger partial charge in [0.1, 0.15) is 5.82 Å². The lowest BCUT2D eigenvalue weighted by Gasteiger charge is -2.21. The van der Waals surface area contributed by atoms with Gasteiger partial charge in [0, 0.05) is 5.56 Å². The number of benzene rings is 1. The third-order valence-corrected chi connectivity index (χ3v) is 3.32. The summed E-state index contributed by atoms with van der Waals surface area (Å²) < 4.78 is 0. The fourth-order valence-corrected chi connectivity index (χ4v) is 2.53. The highest BCUT2D eigenvalue weighted by Crippen LogP contribution is 2.37. The molecular weight excluding hydrogens is 212 g/mol. The van der Waals surface area contributed by atoms with Gasteiger partial charge in [-0.1, -0.05) is 18.2 Å². The van der Waals surface area contributed by atoms with Crippen LogP contribution in [-0.2, 0) is 12.8 Å². The van der Waals surface area contributed by atoms with E-state index in [0.29, 0.717) is 5.82 Å². The van der Waals surface area contributed by atoms with Gasteiger partial charge >= 0.3 is 0 Å². The summed E-state index contributed by atoms with van der Waals surface area (Å²) in [6, 6.07) is 6.24. The molecule has 1 aliphatic rings. The minimum Gasteiger partial charge on any atom is -0.383 e. The molecule has 4 nitrogen and oxygen atoms in total. The Balaban J connectivity index is 2.33. The first kappa shape index (κ1) is 10.1. The summed E-state index contributed by atoms with van der Waals surface area (Å²) in [4.78, 5) is 8.35. The van der Waals surface area contributed by atoms with Gasteiger partial charge in [0.2, 0.25) is 5.95 Å². The number of aromatic nitrogens is 2. The second-order valence-corrected chi connectivity index (χ2v) is 4.39. The van der Waals surface area contributed by atoms with E-state index in [1.165, 1.54) is 11.1 Å². The summed E-state index contributed by atoms with van der Waals surface area (Å²) in [5, 5.41) is 0. The SMILES string of the molecule is Cc1cccc2c1CCc1nc(N)nc(N)c1-2. The Morgan fingerprint density at radius 3 is 2.76 bits per heavy atom. The largest absolute Gasteiger partial charge is 0.383 e. The molecule has 1 aromatic carbocycles. The van der Waals surface area contributed by atoms with Crippen molar-refractivity contribution in [1.29, 1.82) is 0 Å². The molecule has 2 aromatic rings. The third-order valence-electron chi connectivity index (χ3n) is 3.32. The Bertz CT molecular complexity index is 605. The molecule has 3 rings (SSSR count). The Labute approximate surface area is 99.7 Å². The van der Waals surface area contributed by atoms with Crippen molar-refractivity contribution in [1.82, 2.24) is 9.97 Å². The third kappa shape index (κ3) is 1.45. The first-order chi connectivity index (χ1) is 8.16. The molecule has 1 aliphatic carbocycles. The van der Waals surface area contributed by atoms with Gasteiger partial charge in [0.25, 0.3) is 0 Å². The van der Waals surface area contributed by atoms with E-state index in [1.54, 1.807) is 0 Å². The van der Waals surface area contributed by atoms with Gasteiger partial charge in [-0.25, -0.2) is 4.98 Å². The molecule has 0 atom stereocenters.